The Balaban J connectivity index is 1.94. The van der Waals surface area contributed by atoms with Crippen LogP contribution in [0, 0.1) is 5.92 Å². The Morgan fingerprint density at radius 2 is 1.44 bits per heavy atom. The van der Waals surface area contributed by atoms with Crippen LogP contribution in [-0.2, 0) is 4.79 Å². The van der Waals surface area contributed by atoms with E-state index in [2.05, 4.69) is 10.6 Å². The average molecular weight is 388 g/mol. The van der Waals surface area contributed by atoms with Gasteiger partial charge in [-0.1, -0.05) is 37.6 Å². The van der Waals surface area contributed by atoms with Crippen molar-refractivity contribution in [3.05, 3.63) is 59.1 Å². The number of anilines is 2. The van der Waals surface area contributed by atoms with E-state index in [9.17, 15) is 9.59 Å². The highest BCUT2D eigenvalue weighted by Crippen LogP contribution is 2.22. The molecule has 0 aliphatic rings. The molecular weight excluding hydrogens is 362 g/mol. The van der Waals surface area contributed by atoms with Gasteiger partial charge in [0.15, 0.2) is 0 Å². The van der Waals surface area contributed by atoms with E-state index in [1.807, 2.05) is 45.0 Å². The predicted octanol–water partition coefficient (Wildman–Crippen LogP) is 5.55. The van der Waals surface area contributed by atoms with Crippen LogP contribution in [0.5, 0.6) is 0 Å². The summed E-state index contributed by atoms with van der Waals surface area (Å²) in [5.41, 5.74) is 2.37. The number of carbonyl (C=O) groups is 2. The van der Waals surface area contributed by atoms with Crippen LogP contribution in [0.3, 0.4) is 0 Å². The first-order chi connectivity index (χ1) is 12.8. The molecule has 5 nitrogen and oxygen atoms in total. The van der Waals surface area contributed by atoms with Crippen LogP contribution in [0.2, 0.25) is 5.02 Å². The van der Waals surface area contributed by atoms with E-state index in [1.54, 1.807) is 36.2 Å². The van der Waals surface area contributed by atoms with Gasteiger partial charge in [-0.2, -0.15) is 0 Å². The Morgan fingerprint density at radius 3 is 1.96 bits per heavy atom. The van der Waals surface area contributed by atoms with Gasteiger partial charge in [-0.15, -0.1) is 0 Å². The lowest BCUT2D eigenvalue weighted by atomic mass is 10.1. The first-order valence-corrected chi connectivity index (χ1v) is 9.33. The third-order valence-electron chi connectivity index (χ3n) is 4.27. The summed E-state index contributed by atoms with van der Waals surface area (Å²) in [4.78, 5) is 25.9. The minimum absolute atomic E-state index is 0.0155. The number of hydrogen-bond donors (Lipinski definition) is 2. The second-order valence-electron chi connectivity index (χ2n) is 6.99. The van der Waals surface area contributed by atoms with Crippen molar-refractivity contribution in [1.29, 1.82) is 0 Å². The van der Waals surface area contributed by atoms with Gasteiger partial charge in [-0.25, -0.2) is 4.79 Å². The van der Waals surface area contributed by atoms with Crippen molar-refractivity contribution in [3.63, 3.8) is 0 Å². The van der Waals surface area contributed by atoms with Crippen molar-refractivity contribution >= 4 is 34.9 Å². The van der Waals surface area contributed by atoms with E-state index < -0.39 is 0 Å². The molecule has 0 aliphatic carbocycles. The monoisotopic (exact) mass is 387 g/mol. The fourth-order valence-electron chi connectivity index (χ4n) is 2.57. The highest BCUT2D eigenvalue weighted by atomic mass is 35.5. The molecule has 2 aromatic rings. The summed E-state index contributed by atoms with van der Waals surface area (Å²) < 4.78 is 0. The second kappa shape index (κ2) is 9.42. The Hall–Kier alpha value is -2.53. The summed E-state index contributed by atoms with van der Waals surface area (Å²) in [6.07, 6.45) is 0.478. The number of amides is 3. The first kappa shape index (κ1) is 20.8. The summed E-state index contributed by atoms with van der Waals surface area (Å²) >= 11 is 5.92. The molecule has 0 radical (unpaired) electrons. The van der Waals surface area contributed by atoms with Gasteiger partial charge in [0, 0.05) is 29.9 Å². The molecule has 0 bridgehead atoms. The van der Waals surface area contributed by atoms with Crippen molar-refractivity contribution in [2.75, 3.05) is 17.7 Å². The van der Waals surface area contributed by atoms with Crippen LogP contribution in [0.1, 0.15) is 38.8 Å². The molecule has 1 unspecified atom stereocenters. The Kier molecular flexibility index (Phi) is 7.25. The fourth-order valence-corrected chi connectivity index (χ4v) is 2.70. The summed E-state index contributed by atoms with van der Waals surface area (Å²) in [6, 6.07) is 14.2. The molecule has 0 spiro atoms. The van der Waals surface area contributed by atoms with Gasteiger partial charge in [-0.3, -0.25) is 4.79 Å². The normalized spacial score (nSPS) is 11.8. The van der Waals surface area contributed by atoms with E-state index in [0.717, 1.165) is 5.56 Å². The Morgan fingerprint density at radius 1 is 0.926 bits per heavy atom. The lowest BCUT2D eigenvalue weighted by Gasteiger charge is -2.25. The summed E-state index contributed by atoms with van der Waals surface area (Å²) in [7, 11) is 1.75. The molecular formula is C21H26ClN3O2. The van der Waals surface area contributed by atoms with Crippen LogP contribution in [0.15, 0.2) is 48.5 Å². The van der Waals surface area contributed by atoms with Gasteiger partial charge in [0.2, 0.25) is 5.91 Å². The fraction of sp³-hybridized carbons (Fsp3) is 0.333. The van der Waals surface area contributed by atoms with Crippen molar-refractivity contribution < 1.29 is 9.59 Å². The molecule has 2 rings (SSSR count). The SMILES string of the molecule is CC(C)CC(=O)Nc1ccc(NC(=O)N(C)C(C)c2ccc(Cl)cc2)cc1. The van der Waals surface area contributed by atoms with Crippen LogP contribution in [0.4, 0.5) is 16.2 Å². The summed E-state index contributed by atoms with van der Waals surface area (Å²) in [5.74, 6) is 0.292. The number of benzene rings is 2. The highest BCUT2D eigenvalue weighted by molar-refractivity contribution is 6.30. The van der Waals surface area contributed by atoms with Crippen molar-refractivity contribution in [1.82, 2.24) is 4.90 Å². The second-order valence-corrected chi connectivity index (χ2v) is 7.43. The third kappa shape index (κ3) is 6.29. The molecule has 27 heavy (non-hydrogen) atoms. The van der Waals surface area contributed by atoms with Gasteiger partial charge in [0.1, 0.15) is 0 Å². The molecule has 0 fully saturated rings. The zero-order chi connectivity index (χ0) is 20.0. The maximum absolute atomic E-state index is 12.5. The molecule has 0 saturated heterocycles. The highest BCUT2D eigenvalue weighted by Gasteiger charge is 2.17. The van der Waals surface area contributed by atoms with Gasteiger partial charge in [0.05, 0.1) is 6.04 Å². The van der Waals surface area contributed by atoms with Gasteiger partial charge in [-0.05, 0) is 54.8 Å². The molecule has 2 aromatic carbocycles. The smallest absolute Gasteiger partial charge is 0.322 e. The molecule has 0 aromatic heterocycles. The molecule has 0 aliphatic heterocycles. The van der Waals surface area contributed by atoms with Gasteiger partial charge >= 0.3 is 6.03 Å². The summed E-state index contributed by atoms with van der Waals surface area (Å²) in [6.45, 7) is 5.95. The number of nitrogens with one attached hydrogen (secondary N) is 2. The standard InChI is InChI=1S/C21H26ClN3O2/c1-14(2)13-20(26)23-18-9-11-19(12-10-18)24-21(27)25(4)15(3)16-5-7-17(22)8-6-16/h5-12,14-15H,13H2,1-4H3,(H,23,26)(H,24,27). The molecule has 3 amide bonds. The Labute approximate surface area is 165 Å². The zero-order valence-electron chi connectivity index (χ0n) is 16.1. The number of urea groups is 1. The number of rotatable bonds is 6. The third-order valence-corrected chi connectivity index (χ3v) is 4.52. The summed E-state index contributed by atoms with van der Waals surface area (Å²) in [5, 5.41) is 6.38. The molecule has 0 heterocycles. The maximum atomic E-state index is 12.5. The van der Waals surface area contributed by atoms with E-state index >= 15 is 0 Å². The molecule has 0 saturated carbocycles. The average Bonchev–Trinajstić information content (AvgIpc) is 2.62. The van der Waals surface area contributed by atoms with E-state index in [4.69, 9.17) is 11.6 Å². The number of hydrogen-bond acceptors (Lipinski definition) is 2. The van der Waals surface area contributed by atoms with E-state index in [0.29, 0.717) is 28.7 Å². The minimum Gasteiger partial charge on any atom is -0.326 e. The lowest BCUT2D eigenvalue weighted by molar-refractivity contribution is -0.116. The van der Waals surface area contributed by atoms with Crippen LogP contribution >= 0.6 is 11.6 Å². The van der Waals surface area contributed by atoms with Crippen LogP contribution in [0.25, 0.3) is 0 Å². The predicted molar refractivity (Wildman–Crippen MR) is 111 cm³/mol. The molecule has 6 heteroatoms. The van der Waals surface area contributed by atoms with E-state index in [-0.39, 0.29) is 18.0 Å². The molecule has 1 atom stereocenters. The van der Waals surface area contributed by atoms with E-state index in [1.165, 1.54) is 0 Å². The molecule has 144 valence electrons. The van der Waals surface area contributed by atoms with Crippen molar-refractivity contribution in [2.24, 2.45) is 5.92 Å². The van der Waals surface area contributed by atoms with Crippen molar-refractivity contribution in [3.8, 4) is 0 Å². The van der Waals surface area contributed by atoms with Crippen LogP contribution < -0.4 is 10.6 Å². The van der Waals surface area contributed by atoms with Crippen molar-refractivity contribution in [2.45, 2.75) is 33.2 Å². The van der Waals surface area contributed by atoms with Gasteiger partial charge in [0.25, 0.3) is 0 Å². The lowest BCUT2D eigenvalue weighted by Crippen LogP contribution is -2.33. The first-order valence-electron chi connectivity index (χ1n) is 8.95. The zero-order valence-corrected chi connectivity index (χ0v) is 16.9. The number of carbonyl (C=O) groups excluding carboxylic acids is 2. The van der Waals surface area contributed by atoms with Gasteiger partial charge < -0.3 is 15.5 Å². The topological polar surface area (TPSA) is 61.4 Å². The number of halogens is 1. The van der Waals surface area contributed by atoms with Crippen LogP contribution in [-0.4, -0.2) is 23.9 Å². The Bertz CT molecular complexity index is 773. The maximum Gasteiger partial charge on any atom is 0.322 e. The number of nitrogens with zero attached hydrogens (tertiary/aromatic N) is 1. The molecule has 2 N–H and O–H groups in total. The largest absolute Gasteiger partial charge is 0.326 e. The quantitative estimate of drug-likeness (QED) is 0.682. The minimum atomic E-state index is -0.214.